The van der Waals surface area contributed by atoms with Gasteiger partial charge in [0.05, 0.1) is 19.3 Å². The standard InChI is InChI=1S/C20H33NO3/c1-15-9-16(2)12-21(11-15)13-19(22)14-23-7-8-24-20-6-5-17(3)18(4)10-20/h5-6,10,15-16,19,22H,7-9,11-14H2,1-4H3/t15-,16-,19+/m0/s1. The van der Waals surface area contributed by atoms with Gasteiger partial charge in [-0.2, -0.15) is 0 Å². The lowest BCUT2D eigenvalue weighted by Gasteiger charge is -2.35. The van der Waals surface area contributed by atoms with Crippen molar-refractivity contribution in [3.05, 3.63) is 29.3 Å². The quantitative estimate of drug-likeness (QED) is 0.742. The Kier molecular flexibility index (Phi) is 7.53. The highest BCUT2D eigenvalue weighted by atomic mass is 16.5. The number of likely N-dealkylation sites (tertiary alicyclic amines) is 1. The molecule has 0 radical (unpaired) electrons. The van der Waals surface area contributed by atoms with Crippen molar-refractivity contribution in [3.8, 4) is 5.75 Å². The van der Waals surface area contributed by atoms with Crippen molar-refractivity contribution in [2.75, 3.05) is 39.5 Å². The maximum absolute atomic E-state index is 10.1. The molecule has 4 nitrogen and oxygen atoms in total. The minimum atomic E-state index is -0.427. The second kappa shape index (κ2) is 9.40. The van der Waals surface area contributed by atoms with Gasteiger partial charge >= 0.3 is 0 Å². The highest BCUT2D eigenvalue weighted by molar-refractivity contribution is 5.33. The largest absolute Gasteiger partial charge is 0.491 e. The van der Waals surface area contributed by atoms with Gasteiger partial charge in [-0.25, -0.2) is 0 Å². The normalized spacial score (nSPS) is 23.2. The van der Waals surface area contributed by atoms with Crippen molar-refractivity contribution in [1.29, 1.82) is 0 Å². The summed E-state index contributed by atoms with van der Waals surface area (Å²) in [5.41, 5.74) is 2.50. The molecule has 0 amide bonds. The Bertz CT molecular complexity index is 496. The molecule has 4 heteroatoms. The number of β-amino-alcohol motifs (C(OH)–C–C–N with tert-alkyl or cyclic N) is 1. The fraction of sp³-hybridized carbons (Fsp3) is 0.700. The third-order valence-electron chi connectivity index (χ3n) is 4.70. The highest BCUT2D eigenvalue weighted by Crippen LogP contribution is 2.21. The number of aryl methyl sites for hydroxylation is 2. The van der Waals surface area contributed by atoms with Crippen LogP contribution < -0.4 is 4.74 Å². The molecular formula is C20H33NO3. The van der Waals surface area contributed by atoms with Crippen molar-refractivity contribution in [1.82, 2.24) is 4.90 Å². The zero-order valence-corrected chi connectivity index (χ0v) is 15.6. The van der Waals surface area contributed by atoms with E-state index in [1.165, 1.54) is 17.5 Å². The van der Waals surface area contributed by atoms with E-state index in [1.807, 2.05) is 12.1 Å². The zero-order chi connectivity index (χ0) is 17.5. The lowest BCUT2D eigenvalue weighted by molar-refractivity contribution is -0.00211. The van der Waals surface area contributed by atoms with E-state index in [-0.39, 0.29) is 0 Å². The van der Waals surface area contributed by atoms with E-state index in [4.69, 9.17) is 9.47 Å². The van der Waals surface area contributed by atoms with Crippen LogP contribution in [0.3, 0.4) is 0 Å². The maximum atomic E-state index is 10.1. The van der Waals surface area contributed by atoms with Crippen LogP contribution in [0.2, 0.25) is 0 Å². The van der Waals surface area contributed by atoms with Crippen LogP contribution in [0.15, 0.2) is 18.2 Å². The Morgan fingerprint density at radius 2 is 1.83 bits per heavy atom. The van der Waals surface area contributed by atoms with Crippen LogP contribution in [-0.2, 0) is 4.74 Å². The van der Waals surface area contributed by atoms with Gasteiger partial charge in [-0.15, -0.1) is 0 Å². The fourth-order valence-corrected chi connectivity index (χ4v) is 3.53. The van der Waals surface area contributed by atoms with E-state index >= 15 is 0 Å². The molecule has 24 heavy (non-hydrogen) atoms. The first kappa shape index (κ1) is 19.2. The number of nitrogens with zero attached hydrogens (tertiary/aromatic N) is 1. The summed E-state index contributed by atoms with van der Waals surface area (Å²) < 4.78 is 11.2. The molecule has 1 aromatic carbocycles. The monoisotopic (exact) mass is 335 g/mol. The number of piperidine rings is 1. The Morgan fingerprint density at radius 3 is 2.50 bits per heavy atom. The van der Waals surface area contributed by atoms with Gasteiger partial charge in [0.1, 0.15) is 12.4 Å². The van der Waals surface area contributed by atoms with Crippen LogP contribution in [0.1, 0.15) is 31.4 Å². The van der Waals surface area contributed by atoms with E-state index in [0.29, 0.717) is 38.2 Å². The smallest absolute Gasteiger partial charge is 0.119 e. The Morgan fingerprint density at radius 1 is 1.12 bits per heavy atom. The molecule has 1 heterocycles. The number of hydrogen-bond acceptors (Lipinski definition) is 4. The SMILES string of the molecule is Cc1ccc(OCCOC[C@H](O)CN2C[C@@H](C)C[C@H](C)C2)cc1C. The predicted octanol–water partition coefficient (Wildman–Crippen LogP) is 3.04. The molecule has 1 aromatic rings. The van der Waals surface area contributed by atoms with Gasteiger partial charge in [-0.1, -0.05) is 19.9 Å². The van der Waals surface area contributed by atoms with E-state index in [9.17, 15) is 5.11 Å². The second-order valence-corrected chi connectivity index (χ2v) is 7.49. The minimum Gasteiger partial charge on any atom is -0.491 e. The van der Waals surface area contributed by atoms with Gasteiger partial charge in [0.2, 0.25) is 0 Å². The van der Waals surface area contributed by atoms with Crippen LogP contribution in [0.25, 0.3) is 0 Å². The summed E-state index contributed by atoms with van der Waals surface area (Å²) >= 11 is 0. The number of aliphatic hydroxyl groups excluding tert-OH is 1. The third-order valence-corrected chi connectivity index (χ3v) is 4.70. The van der Waals surface area contributed by atoms with Crippen LogP contribution in [-0.4, -0.2) is 55.6 Å². The molecule has 1 aliphatic rings. The van der Waals surface area contributed by atoms with Gasteiger partial charge in [0.25, 0.3) is 0 Å². The van der Waals surface area contributed by atoms with Crippen molar-refractivity contribution < 1.29 is 14.6 Å². The molecule has 1 aliphatic heterocycles. The lowest BCUT2D eigenvalue weighted by atomic mass is 9.92. The van der Waals surface area contributed by atoms with Crippen molar-refractivity contribution in [3.63, 3.8) is 0 Å². The first-order valence-corrected chi connectivity index (χ1v) is 9.12. The molecule has 3 atom stereocenters. The first-order valence-electron chi connectivity index (χ1n) is 9.12. The van der Waals surface area contributed by atoms with Crippen LogP contribution >= 0.6 is 0 Å². The first-order chi connectivity index (χ1) is 11.4. The second-order valence-electron chi connectivity index (χ2n) is 7.49. The minimum absolute atomic E-state index is 0.371. The van der Waals surface area contributed by atoms with Crippen molar-refractivity contribution in [2.24, 2.45) is 11.8 Å². The number of ether oxygens (including phenoxy) is 2. The predicted molar refractivity (Wildman–Crippen MR) is 97.6 cm³/mol. The average molecular weight is 335 g/mol. The Hall–Kier alpha value is -1.10. The molecule has 1 saturated heterocycles. The molecule has 0 aromatic heterocycles. The molecular weight excluding hydrogens is 302 g/mol. The molecule has 1 fully saturated rings. The zero-order valence-electron chi connectivity index (χ0n) is 15.6. The summed E-state index contributed by atoms with van der Waals surface area (Å²) in [5.74, 6) is 2.31. The number of benzene rings is 1. The topological polar surface area (TPSA) is 41.9 Å². The van der Waals surface area contributed by atoms with E-state index in [0.717, 1.165) is 18.8 Å². The number of rotatable bonds is 8. The number of hydrogen-bond donors (Lipinski definition) is 1. The van der Waals surface area contributed by atoms with Gasteiger partial charge in [-0.05, 0) is 55.4 Å². The maximum Gasteiger partial charge on any atom is 0.119 e. The van der Waals surface area contributed by atoms with Gasteiger partial charge in [0, 0.05) is 19.6 Å². The summed E-state index contributed by atoms with van der Waals surface area (Å²) in [6.45, 7) is 13.0. The molecule has 1 N–H and O–H groups in total. The molecule has 136 valence electrons. The van der Waals surface area contributed by atoms with E-state index in [2.05, 4.69) is 38.7 Å². The van der Waals surface area contributed by atoms with E-state index < -0.39 is 6.10 Å². The van der Waals surface area contributed by atoms with E-state index in [1.54, 1.807) is 0 Å². The summed E-state index contributed by atoms with van der Waals surface area (Å²) in [5, 5.41) is 10.1. The van der Waals surface area contributed by atoms with Gasteiger partial charge in [-0.3, -0.25) is 0 Å². The molecule has 0 aliphatic carbocycles. The average Bonchev–Trinajstić information content (AvgIpc) is 2.49. The van der Waals surface area contributed by atoms with Crippen LogP contribution in [0.4, 0.5) is 0 Å². The molecule has 0 bridgehead atoms. The Balaban J connectivity index is 1.59. The van der Waals surface area contributed by atoms with Gasteiger partial charge < -0.3 is 19.5 Å². The fourth-order valence-electron chi connectivity index (χ4n) is 3.53. The molecule has 0 spiro atoms. The van der Waals surface area contributed by atoms with Crippen molar-refractivity contribution >= 4 is 0 Å². The summed E-state index contributed by atoms with van der Waals surface area (Å²) in [4.78, 5) is 2.36. The lowest BCUT2D eigenvalue weighted by Crippen LogP contribution is -2.43. The summed E-state index contributed by atoms with van der Waals surface area (Å²) in [6, 6.07) is 6.09. The summed E-state index contributed by atoms with van der Waals surface area (Å²) in [7, 11) is 0. The van der Waals surface area contributed by atoms with Crippen LogP contribution in [0, 0.1) is 25.7 Å². The molecule has 0 unspecified atom stereocenters. The van der Waals surface area contributed by atoms with Crippen molar-refractivity contribution in [2.45, 2.75) is 40.2 Å². The van der Waals surface area contributed by atoms with Crippen LogP contribution in [0.5, 0.6) is 5.75 Å². The Labute approximate surface area is 146 Å². The molecule has 2 rings (SSSR count). The molecule has 0 saturated carbocycles. The number of aliphatic hydroxyl groups is 1. The third kappa shape index (κ3) is 6.42. The summed E-state index contributed by atoms with van der Waals surface area (Å²) in [6.07, 6.45) is 0.864. The highest BCUT2D eigenvalue weighted by Gasteiger charge is 2.23. The van der Waals surface area contributed by atoms with Gasteiger partial charge in [0.15, 0.2) is 0 Å².